The van der Waals surface area contributed by atoms with E-state index in [1.54, 1.807) is 0 Å². The summed E-state index contributed by atoms with van der Waals surface area (Å²) in [7, 11) is 1.95. The largest absolute Gasteiger partial charge is 0.355 e. The molecule has 0 spiro atoms. The van der Waals surface area contributed by atoms with Crippen molar-refractivity contribution in [3.63, 3.8) is 0 Å². The maximum Gasteiger partial charge on any atom is 0.0993 e. The molecule has 0 aromatic carbocycles. The second kappa shape index (κ2) is 4.54. The Balaban J connectivity index is 2.18. The summed E-state index contributed by atoms with van der Waals surface area (Å²) in [4.78, 5) is 7.08. The first-order valence-corrected chi connectivity index (χ1v) is 6.48. The minimum atomic E-state index is 0.622. The number of likely N-dealkylation sites (tertiary alicyclic amines) is 1. The molecule has 0 N–H and O–H groups in total. The molecule has 0 radical (unpaired) electrons. The van der Waals surface area contributed by atoms with Crippen LogP contribution in [0.4, 0.5) is 0 Å². The Morgan fingerprint density at radius 1 is 1.20 bits per heavy atom. The van der Waals surface area contributed by atoms with Gasteiger partial charge in [-0.25, -0.2) is 0 Å². The lowest BCUT2D eigenvalue weighted by Crippen LogP contribution is -2.40. The molecule has 1 heterocycles. The monoisotopic (exact) mass is 208 g/mol. The quantitative estimate of drug-likeness (QED) is 0.646. The molecule has 2 heteroatoms. The van der Waals surface area contributed by atoms with Crippen LogP contribution in [0.15, 0.2) is 4.99 Å². The Kier molecular flexibility index (Phi) is 3.32. The Morgan fingerprint density at radius 3 is 2.60 bits per heavy atom. The van der Waals surface area contributed by atoms with Crippen molar-refractivity contribution in [3.05, 3.63) is 0 Å². The minimum absolute atomic E-state index is 0.622. The predicted octanol–water partition coefficient (Wildman–Crippen LogP) is 3.08. The van der Waals surface area contributed by atoms with Crippen molar-refractivity contribution < 1.29 is 0 Å². The fraction of sp³-hybridized carbons (Fsp3) is 0.923. The highest BCUT2D eigenvalue weighted by Crippen LogP contribution is 2.37. The van der Waals surface area contributed by atoms with Gasteiger partial charge >= 0.3 is 0 Å². The molecule has 1 saturated carbocycles. The summed E-state index contributed by atoms with van der Waals surface area (Å²) in [5.74, 6) is 2.26. The van der Waals surface area contributed by atoms with Crippen LogP contribution in [-0.2, 0) is 0 Å². The summed E-state index contributed by atoms with van der Waals surface area (Å²) in [6, 6.07) is 1.42. The lowest BCUT2D eigenvalue weighted by atomic mass is 9.95. The van der Waals surface area contributed by atoms with Crippen molar-refractivity contribution in [1.29, 1.82) is 0 Å². The summed E-state index contributed by atoms with van der Waals surface area (Å²) in [5.41, 5.74) is 0. The van der Waals surface area contributed by atoms with Crippen molar-refractivity contribution in [1.82, 2.24) is 4.90 Å². The maximum atomic E-state index is 4.49. The standard InChI is InChI=1S/C13H24N2/c1-10(2)15-12-8-6-4-5-7-11(12)9-13(15)14-3/h10-12H,4-9H2,1-3H3. The highest BCUT2D eigenvalue weighted by molar-refractivity contribution is 5.85. The van der Waals surface area contributed by atoms with Gasteiger partial charge in [-0.1, -0.05) is 19.3 Å². The summed E-state index contributed by atoms with van der Waals surface area (Å²) in [6.07, 6.45) is 8.34. The highest BCUT2D eigenvalue weighted by Gasteiger charge is 2.39. The normalized spacial score (nSPS) is 34.7. The van der Waals surface area contributed by atoms with Crippen LogP contribution in [0.3, 0.4) is 0 Å². The van der Waals surface area contributed by atoms with Crippen LogP contribution in [0.1, 0.15) is 52.4 Å². The average Bonchev–Trinajstić information content (AvgIpc) is 2.42. The van der Waals surface area contributed by atoms with Gasteiger partial charge in [-0.2, -0.15) is 0 Å². The van der Waals surface area contributed by atoms with Crippen molar-refractivity contribution >= 4 is 5.84 Å². The number of hydrogen-bond acceptors (Lipinski definition) is 1. The van der Waals surface area contributed by atoms with E-state index in [0.717, 1.165) is 12.0 Å². The third-order valence-corrected chi connectivity index (χ3v) is 4.03. The lowest BCUT2D eigenvalue weighted by Gasteiger charge is -2.32. The van der Waals surface area contributed by atoms with E-state index in [-0.39, 0.29) is 0 Å². The number of hydrogen-bond donors (Lipinski definition) is 0. The molecule has 0 amide bonds. The zero-order valence-electron chi connectivity index (χ0n) is 10.4. The lowest BCUT2D eigenvalue weighted by molar-refractivity contribution is 0.226. The van der Waals surface area contributed by atoms with Gasteiger partial charge < -0.3 is 4.90 Å². The summed E-state index contributed by atoms with van der Waals surface area (Å²) >= 11 is 0. The fourth-order valence-corrected chi connectivity index (χ4v) is 3.39. The van der Waals surface area contributed by atoms with Crippen LogP contribution in [0.25, 0.3) is 0 Å². The van der Waals surface area contributed by atoms with E-state index in [1.165, 1.54) is 44.4 Å². The van der Waals surface area contributed by atoms with E-state index in [2.05, 4.69) is 23.7 Å². The third kappa shape index (κ3) is 2.04. The molecular formula is C13H24N2. The molecule has 1 aliphatic carbocycles. The molecule has 2 aliphatic rings. The van der Waals surface area contributed by atoms with Gasteiger partial charge in [-0.05, 0) is 32.6 Å². The average molecular weight is 208 g/mol. The van der Waals surface area contributed by atoms with E-state index in [4.69, 9.17) is 0 Å². The molecule has 0 aromatic heterocycles. The zero-order chi connectivity index (χ0) is 10.8. The number of amidine groups is 1. The van der Waals surface area contributed by atoms with E-state index >= 15 is 0 Å². The zero-order valence-corrected chi connectivity index (χ0v) is 10.4. The van der Waals surface area contributed by atoms with Gasteiger partial charge in [0.05, 0.1) is 5.84 Å². The van der Waals surface area contributed by atoms with Crippen LogP contribution in [0.5, 0.6) is 0 Å². The number of rotatable bonds is 1. The minimum Gasteiger partial charge on any atom is -0.355 e. The van der Waals surface area contributed by atoms with Crippen molar-refractivity contribution in [2.45, 2.75) is 64.5 Å². The Morgan fingerprint density at radius 2 is 1.93 bits per heavy atom. The van der Waals surface area contributed by atoms with Crippen molar-refractivity contribution in [3.8, 4) is 0 Å². The van der Waals surface area contributed by atoms with Crippen LogP contribution in [-0.4, -0.2) is 29.9 Å². The smallest absolute Gasteiger partial charge is 0.0993 e. The van der Waals surface area contributed by atoms with E-state index in [1.807, 2.05) is 7.05 Å². The first-order valence-electron chi connectivity index (χ1n) is 6.48. The molecule has 2 nitrogen and oxygen atoms in total. The molecule has 2 fully saturated rings. The molecular weight excluding hydrogens is 184 g/mol. The first kappa shape index (κ1) is 11.0. The molecule has 2 atom stereocenters. The van der Waals surface area contributed by atoms with Crippen LogP contribution < -0.4 is 0 Å². The van der Waals surface area contributed by atoms with Gasteiger partial charge in [0.25, 0.3) is 0 Å². The van der Waals surface area contributed by atoms with E-state index < -0.39 is 0 Å². The van der Waals surface area contributed by atoms with E-state index in [0.29, 0.717) is 6.04 Å². The summed E-state index contributed by atoms with van der Waals surface area (Å²) < 4.78 is 0. The molecule has 0 aromatic rings. The molecule has 2 unspecified atom stereocenters. The van der Waals surface area contributed by atoms with Gasteiger partial charge in [0.15, 0.2) is 0 Å². The molecule has 1 saturated heterocycles. The molecule has 0 bridgehead atoms. The highest BCUT2D eigenvalue weighted by atomic mass is 15.3. The first-order chi connectivity index (χ1) is 7.24. The number of aliphatic imine (C=N–C) groups is 1. The maximum absolute atomic E-state index is 4.49. The Bertz CT molecular complexity index is 245. The third-order valence-electron chi connectivity index (χ3n) is 4.03. The topological polar surface area (TPSA) is 15.6 Å². The van der Waals surface area contributed by atoms with Crippen molar-refractivity contribution in [2.24, 2.45) is 10.9 Å². The van der Waals surface area contributed by atoms with Gasteiger partial charge in [0, 0.05) is 25.6 Å². The number of nitrogens with zero attached hydrogens (tertiary/aromatic N) is 2. The van der Waals surface area contributed by atoms with Gasteiger partial charge in [-0.15, -0.1) is 0 Å². The van der Waals surface area contributed by atoms with Crippen LogP contribution >= 0.6 is 0 Å². The molecule has 15 heavy (non-hydrogen) atoms. The second-order valence-corrected chi connectivity index (χ2v) is 5.31. The van der Waals surface area contributed by atoms with Crippen LogP contribution in [0.2, 0.25) is 0 Å². The summed E-state index contributed by atoms with van der Waals surface area (Å²) in [6.45, 7) is 4.61. The molecule has 2 rings (SSSR count). The van der Waals surface area contributed by atoms with Gasteiger partial charge in [0.1, 0.15) is 0 Å². The van der Waals surface area contributed by atoms with Gasteiger partial charge in [0.2, 0.25) is 0 Å². The van der Waals surface area contributed by atoms with Crippen molar-refractivity contribution in [2.75, 3.05) is 7.05 Å². The Hall–Kier alpha value is -0.530. The molecule has 1 aliphatic heterocycles. The number of fused-ring (bicyclic) bond motifs is 1. The van der Waals surface area contributed by atoms with Gasteiger partial charge in [-0.3, -0.25) is 4.99 Å². The summed E-state index contributed by atoms with van der Waals surface area (Å²) in [5, 5.41) is 0. The predicted molar refractivity (Wildman–Crippen MR) is 65.3 cm³/mol. The van der Waals surface area contributed by atoms with Crippen LogP contribution in [0, 0.1) is 5.92 Å². The molecule has 86 valence electrons. The Labute approximate surface area is 93.8 Å². The fourth-order valence-electron chi connectivity index (χ4n) is 3.39. The second-order valence-electron chi connectivity index (χ2n) is 5.31. The van der Waals surface area contributed by atoms with E-state index in [9.17, 15) is 0 Å². The SMILES string of the molecule is CN=C1CC2CCCCCC2N1C(C)C.